The number of hydrogen-bond acceptors (Lipinski definition) is 5. The zero-order chi connectivity index (χ0) is 12.3. The summed E-state index contributed by atoms with van der Waals surface area (Å²) in [4.78, 5) is 11.5. The lowest BCUT2D eigenvalue weighted by Crippen LogP contribution is -2.11. The maximum Gasteiger partial charge on any atom is 0.228 e. The van der Waals surface area contributed by atoms with Crippen molar-refractivity contribution >= 4 is 29.2 Å². The SMILES string of the molecule is Cn1nccc1CCNc1nc(Cl)nc(Cl)n1. The fourth-order valence-corrected chi connectivity index (χ4v) is 1.72. The van der Waals surface area contributed by atoms with E-state index in [4.69, 9.17) is 23.2 Å². The molecule has 0 unspecified atom stereocenters. The van der Waals surface area contributed by atoms with E-state index < -0.39 is 0 Å². The van der Waals surface area contributed by atoms with Gasteiger partial charge in [0.1, 0.15) is 0 Å². The summed E-state index contributed by atoms with van der Waals surface area (Å²) >= 11 is 11.3. The molecule has 17 heavy (non-hydrogen) atoms. The van der Waals surface area contributed by atoms with Crippen LogP contribution in [0, 0.1) is 0 Å². The van der Waals surface area contributed by atoms with Crippen molar-refractivity contribution < 1.29 is 0 Å². The molecule has 0 saturated heterocycles. The third-order valence-corrected chi connectivity index (χ3v) is 2.51. The molecular formula is C9H10Cl2N6. The van der Waals surface area contributed by atoms with Crippen LogP contribution in [-0.2, 0) is 13.5 Å². The number of aromatic nitrogens is 5. The zero-order valence-electron chi connectivity index (χ0n) is 9.06. The molecule has 0 aliphatic heterocycles. The van der Waals surface area contributed by atoms with Gasteiger partial charge in [-0.3, -0.25) is 4.68 Å². The zero-order valence-corrected chi connectivity index (χ0v) is 10.6. The molecule has 0 aliphatic carbocycles. The summed E-state index contributed by atoms with van der Waals surface area (Å²) in [6.45, 7) is 0.663. The van der Waals surface area contributed by atoms with Gasteiger partial charge in [-0.1, -0.05) is 0 Å². The lowest BCUT2D eigenvalue weighted by atomic mass is 10.3. The molecule has 0 aliphatic rings. The minimum Gasteiger partial charge on any atom is -0.354 e. The number of rotatable bonds is 4. The number of halogens is 2. The van der Waals surface area contributed by atoms with Crippen molar-refractivity contribution in [1.82, 2.24) is 24.7 Å². The Bertz CT molecular complexity index is 492. The Morgan fingerprint density at radius 2 is 1.94 bits per heavy atom. The van der Waals surface area contributed by atoms with Crippen LogP contribution in [0.25, 0.3) is 0 Å². The molecule has 8 heteroatoms. The first-order valence-corrected chi connectivity index (χ1v) is 5.68. The van der Waals surface area contributed by atoms with Crippen LogP contribution in [0.4, 0.5) is 5.95 Å². The minimum atomic E-state index is 0.0769. The molecule has 2 aromatic heterocycles. The molecule has 6 nitrogen and oxygen atoms in total. The number of anilines is 1. The first kappa shape index (κ1) is 12.1. The minimum absolute atomic E-state index is 0.0769. The molecule has 2 rings (SSSR count). The van der Waals surface area contributed by atoms with Gasteiger partial charge in [-0.25, -0.2) is 0 Å². The van der Waals surface area contributed by atoms with Crippen molar-refractivity contribution in [3.63, 3.8) is 0 Å². The topological polar surface area (TPSA) is 68.5 Å². The van der Waals surface area contributed by atoms with Gasteiger partial charge in [0.15, 0.2) is 0 Å². The van der Waals surface area contributed by atoms with Crippen molar-refractivity contribution in [3.8, 4) is 0 Å². The summed E-state index contributed by atoms with van der Waals surface area (Å²) in [6, 6.07) is 1.95. The van der Waals surface area contributed by atoms with Crippen LogP contribution >= 0.6 is 23.2 Å². The van der Waals surface area contributed by atoms with Gasteiger partial charge in [0.2, 0.25) is 16.5 Å². The summed E-state index contributed by atoms with van der Waals surface area (Å²) in [6.07, 6.45) is 2.56. The fraction of sp³-hybridized carbons (Fsp3) is 0.333. The molecule has 0 atom stereocenters. The summed E-state index contributed by atoms with van der Waals surface area (Å²) < 4.78 is 1.81. The van der Waals surface area contributed by atoms with Gasteiger partial charge >= 0.3 is 0 Å². The van der Waals surface area contributed by atoms with E-state index >= 15 is 0 Å². The largest absolute Gasteiger partial charge is 0.354 e. The second kappa shape index (κ2) is 5.29. The Morgan fingerprint density at radius 3 is 2.53 bits per heavy atom. The number of nitrogens with one attached hydrogen (secondary N) is 1. The predicted octanol–water partition coefficient (Wildman–Crippen LogP) is 1.57. The van der Waals surface area contributed by atoms with E-state index in [0.717, 1.165) is 12.1 Å². The van der Waals surface area contributed by atoms with Crippen molar-refractivity contribution in [2.75, 3.05) is 11.9 Å². The molecule has 0 radical (unpaired) electrons. The maximum atomic E-state index is 5.65. The summed E-state index contributed by atoms with van der Waals surface area (Å²) in [5, 5.41) is 7.25. The highest BCUT2D eigenvalue weighted by atomic mass is 35.5. The van der Waals surface area contributed by atoms with Crippen LogP contribution in [0.15, 0.2) is 12.3 Å². The van der Waals surface area contributed by atoms with E-state index in [1.807, 2.05) is 17.8 Å². The maximum absolute atomic E-state index is 5.65. The van der Waals surface area contributed by atoms with E-state index in [1.54, 1.807) is 6.20 Å². The van der Waals surface area contributed by atoms with Crippen molar-refractivity contribution in [3.05, 3.63) is 28.5 Å². The third-order valence-electron chi connectivity index (χ3n) is 2.17. The van der Waals surface area contributed by atoms with E-state index in [0.29, 0.717) is 12.5 Å². The van der Waals surface area contributed by atoms with Gasteiger partial charge in [0.25, 0.3) is 0 Å². The van der Waals surface area contributed by atoms with Gasteiger partial charge < -0.3 is 5.32 Å². The quantitative estimate of drug-likeness (QED) is 0.915. The average molecular weight is 273 g/mol. The first-order chi connectivity index (χ1) is 8.15. The Balaban J connectivity index is 1.92. The average Bonchev–Trinajstić information content (AvgIpc) is 2.63. The predicted molar refractivity (Wildman–Crippen MR) is 65.2 cm³/mol. The van der Waals surface area contributed by atoms with Gasteiger partial charge in [-0.05, 0) is 29.3 Å². The monoisotopic (exact) mass is 272 g/mol. The molecule has 2 heterocycles. The van der Waals surface area contributed by atoms with Gasteiger partial charge in [-0.2, -0.15) is 20.1 Å². The van der Waals surface area contributed by atoms with E-state index in [9.17, 15) is 0 Å². The molecule has 0 bridgehead atoms. The Morgan fingerprint density at radius 1 is 1.24 bits per heavy atom. The highest BCUT2D eigenvalue weighted by Crippen LogP contribution is 2.09. The molecule has 2 aromatic rings. The van der Waals surface area contributed by atoms with Gasteiger partial charge in [0.05, 0.1) is 0 Å². The number of aryl methyl sites for hydroxylation is 1. The molecule has 0 fully saturated rings. The smallest absolute Gasteiger partial charge is 0.228 e. The van der Waals surface area contributed by atoms with Crippen LogP contribution in [0.2, 0.25) is 10.6 Å². The molecule has 0 spiro atoms. The Hall–Kier alpha value is -1.40. The second-order valence-electron chi connectivity index (χ2n) is 3.32. The Kier molecular flexibility index (Phi) is 3.75. The highest BCUT2D eigenvalue weighted by Gasteiger charge is 2.03. The van der Waals surface area contributed by atoms with Crippen LogP contribution in [-0.4, -0.2) is 31.3 Å². The standard InChI is InChI=1S/C9H10Cl2N6/c1-17-6(3-5-13-17)2-4-12-9-15-7(10)14-8(11)16-9/h3,5H,2,4H2,1H3,(H,12,14,15,16). The Labute approximate surface area is 108 Å². The normalized spacial score (nSPS) is 10.5. The number of nitrogens with zero attached hydrogens (tertiary/aromatic N) is 5. The molecule has 0 aromatic carbocycles. The third kappa shape index (κ3) is 3.28. The summed E-state index contributed by atoms with van der Waals surface area (Å²) in [5.41, 5.74) is 1.11. The molecule has 0 amide bonds. The first-order valence-electron chi connectivity index (χ1n) is 4.93. The molecule has 0 saturated carbocycles. The van der Waals surface area contributed by atoms with Crippen LogP contribution in [0.3, 0.4) is 0 Å². The lowest BCUT2D eigenvalue weighted by molar-refractivity contribution is 0.710. The van der Waals surface area contributed by atoms with E-state index in [1.165, 1.54) is 0 Å². The van der Waals surface area contributed by atoms with Crippen LogP contribution in [0.5, 0.6) is 0 Å². The summed E-state index contributed by atoms with van der Waals surface area (Å²) in [7, 11) is 1.89. The van der Waals surface area contributed by atoms with Gasteiger partial charge in [-0.15, -0.1) is 0 Å². The molecule has 90 valence electrons. The van der Waals surface area contributed by atoms with Crippen LogP contribution < -0.4 is 5.32 Å². The lowest BCUT2D eigenvalue weighted by Gasteiger charge is -2.05. The number of hydrogen-bond donors (Lipinski definition) is 1. The fourth-order valence-electron chi connectivity index (χ4n) is 1.35. The van der Waals surface area contributed by atoms with E-state index in [2.05, 4.69) is 25.4 Å². The summed E-state index contributed by atoms with van der Waals surface area (Å²) in [5.74, 6) is 0.372. The van der Waals surface area contributed by atoms with Gasteiger partial charge in [0, 0.05) is 31.9 Å². The van der Waals surface area contributed by atoms with Crippen molar-refractivity contribution in [2.24, 2.45) is 7.05 Å². The van der Waals surface area contributed by atoms with Crippen LogP contribution in [0.1, 0.15) is 5.69 Å². The highest BCUT2D eigenvalue weighted by molar-refractivity contribution is 6.31. The van der Waals surface area contributed by atoms with E-state index in [-0.39, 0.29) is 10.6 Å². The molecule has 1 N–H and O–H groups in total. The van der Waals surface area contributed by atoms with Crippen molar-refractivity contribution in [1.29, 1.82) is 0 Å². The second-order valence-corrected chi connectivity index (χ2v) is 4.00. The van der Waals surface area contributed by atoms with Crippen molar-refractivity contribution in [2.45, 2.75) is 6.42 Å². The molecular weight excluding hydrogens is 263 g/mol.